The number of ether oxygens (including phenoxy) is 1. The average molecular weight is 392 g/mol. The number of ketones is 1. The summed E-state index contributed by atoms with van der Waals surface area (Å²) < 4.78 is 18.8. The van der Waals surface area contributed by atoms with Crippen LogP contribution in [0.1, 0.15) is 16.8 Å². The van der Waals surface area contributed by atoms with Gasteiger partial charge in [0.25, 0.3) is 5.91 Å². The fraction of sp³-hybridized carbons (Fsp3) is 0.0526. The van der Waals surface area contributed by atoms with Crippen LogP contribution in [0.4, 0.5) is 4.39 Å². The van der Waals surface area contributed by atoms with Gasteiger partial charge in [-0.05, 0) is 36.4 Å². The third-order valence-corrected chi connectivity index (χ3v) is 4.02. The molecule has 1 aliphatic rings. The van der Waals surface area contributed by atoms with Crippen molar-refractivity contribution in [2.24, 2.45) is 0 Å². The van der Waals surface area contributed by atoms with Gasteiger partial charge in [0.1, 0.15) is 17.3 Å². The number of amides is 1. The molecular formula is C19H12Cl2FNO3. The Bertz CT molecular complexity index is 954. The van der Waals surface area contributed by atoms with Crippen LogP contribution < -0.4 is 10.1 Å². The highest BCUT2D eigenvalue weighted by atomic mass is 35.5. The van der Waals surface area contributed by atoms with Crippen LogP contribution in [0, 0.1) is 5.82 Å². The minimum atomic E-state index is -0.507. The first-order valence-electron chi connectivity index (χ1n) is 7.57. The second kappa shape index (κ2) is 7.72. The molecule has 0 saturated carbocycles. The van der Waals surface area contributed by atoms with Gasteiger partial charge in [0.15, 0.2) is 5.78 Å². The molecule has 1 N–H and O–H groups in total. The second-order valence-corrected chi connectivity index (χ2v) is 6.29. The molecule has 0 aromatic heterocycles. The van der Waals surface area contributed by atoms with Crippen molar-refractivity contribution >= 4 is 34.9 Å². The van der Waals surface area contributed by atoms with E-state index >= 15 is 0 Å². The molecule has 7 heteroatoms. The maximum Gasteiger partial charge on any atom is 0.259 e. The van der Waals surface area contributed by atoms with Crippen LogP contribution in [0.25, 0.3) is 0 Å². The van der Waals surface area contributed by atoms with Crippen molar-refractivity contribution in [3.05, 3.63) is 81.7 Å². The Kier molecular flexibility index (Phi) is 5.40. The molecule has 0 aliphatic heterocycles. The first-order valence-corrected chi connectivity index (χ1v) is 8.33. The van der Waals surface area contributed by atoms with Crippen LogP contribution in [0.15, 0.2) is 60.3 Å². The Labute approximate surface area is 158 Å². The fourth-order valence-electron chi connectivity index (χ4n) is 2.30. The third kappa shape index (κ3) is 4.31. The molecule has 26 heavy (non-hydrogen) atoms. The summed E-state index contributed by atoms with van der Waals surface area (Å²) in [5, 5.41) is 3.04. The smallest absolute Gasteiger partial charge is 0.259 e. The molecule has 0 spiro atoms. The summed E-state index contributed by atoms with van der Waals surface area (Å²) in [7, 11) is 0. The molecule has 0 radical (unpaired) electrons. The van der Waals surface area contributed by atoms with E-state index in [1.807, 2.05) is 0 Å². The largest absolute Gasteiger partial charge is 0.455 e. The Balaban J connectivity index is 1.89. The summed E-state index contributed by atoms with van der Waals surface area (Å²) in [4.78, 5) is 24.0. The zero-order chi connectivity index (χ0) is 18.7. The van der Waals surface area contributed by atoms with Crippen molar-refractivity contribution in [3.8, 4) is 11.5 Å². The maximum absolute atomic E-state index is 13.2. The highest BCUT2D eigenvalue weighted by molar-refractivity contribution is 6.32. The number of rotatable bonds is 4. The van der Waals surface area contributed by atoms with Gasteiger partial charge in [-0.3, -0.25) is 9.59 Å². The van der Waals surface area contributed by atoms with Crippen LogP contribution in [0.5, 0.6) is 11.5 Å². The lowest BCUT2D eigenvalue weighted by Crippen LogP contribution is -2.24. The van der Waals surface area contributed by atoms with E-state index in [0.717, 1.165) is 6.07 Å². The lowest BCUT2D eigenvalue weighted by atomic mass is 10.1. The zero-order valence-corrected chi connectivity index (χ0v) is 14.8. The van der Waals surface area contributed by atoms with Crippen molar-refractivity contribution in [1.29, 1.82) is 0 Å². The first kappa shape index (κ1) is 18.2. The van der Waals surface area contributed by atoms with Crippen LogP contribution in [0.2, 0.25) is 10.0 Å². The van der Waals surface area contributed by atoms with Gasteiger partial charge >= 0.3 is 0 Å². The van der Waals surface area contributed by atoms with Crippen molar-refractivity contribution in [1.82, 2.24) is 5.32 Å². The third-order valence-electron chi connectivity index (χ3n) is 3.49. The number of carbonyl (C=O) groups excluding carboxylic acids is 2. The molecule has 0 fully saturated rings. The molecule has 0 bridgehead atoms. The number of nitrogens with one attached hydrogen (secondary N) is 1. The van der Waals surface area contributed by atoms with Gasteiger partial charge in [-0.1, -0.05) is 29.3 Å². The van der Waals surface area contributed by atoms with Gasteiger partial charge in [0, 0.05) is 29.3 Å². The molecule has 1 aliphatic carbocycles. The zero-order valence-electron chi connectivity index (χ0n) is 13.3. The highest BCUT2D eigenvalue weighted by Crippen LogP contribution is 2.33. The van der Waals surface area contributed by atoms with E-state index < -0.39 is 11.7 Å². The quantitative estimate of drug-likeness (QED) is 0.791. The van der Waals surface area contributed by atoms with E-state index in [-0.39, 0.29) is 27.9 Å². The monoisotopic (exact) mass is 391 g/mol. The predicted molar refractivity (Wildman–Crippen MR) is 97.2 cm³/mol. The molecule has 2 aromatic carbocycles. The van der Waals surface area contributed by atoms with Crippen LogP contribution >= 0.6 is 23.2 Å². The van der Waals surface area contributed by atoms with E-state index in [9.17, 15) is 14.0 Å². The lowest BCUT2D eigenvalue weighted by molar-refractivity contribution is -0.113. The topological polar surface area (TPSA) is 55.4 Å². The van der Waals surface area contributed by atoms with E-state index in [1.165, 1.54) is 36.4 Å². The van der Waals surface area contributed by atoms with E-state index in [0.29, 0.717) is 17.1 Å². The molecule has 0 saturated heterocycles. The number of hydrogen-bond acceptors (Lipinski definition) is 3. The molecule has 0 heterocycles. The van der Waals surface area contributed by atoms with Crippen LogP contribution in [-0.2, 0) is 4.79 Å². The molecule has 0 atom stereocenters. The summed E-state index contributed by atoms with van der Waals surface area (Å²) in [5.74, 6) is -0.771. The van der Waals surface area contributed by atoms with Gasteiger partial charge < -0.3 is 10.1 Å². The Hall–Kier alpha value is -2.63. The SMILES string of the molecule is O=C1C=C(NC(=O)c2ccc(Cl)cc2Oc2ccc(F)cc2Cl)C=CC1. The average Bonchev–Trinajstić information content (AvgIpc) is 2.57. The van der Waals surface area contributed by atoms with Crippen molar-refractivity contribution in [2.45, 2.75) is 6.42 Å². The maximum atomic E-state index is 13.2. The Morgan fingerprint density at radius 3 is 2.65 bits per heavy atom. The van der Waals surface area contributed by atoms with Gasteiger partial charge in [0.05, 0.1) is 10.6 Å². The number of halogens is 3. The first-order chi connectivity index (χ1) is 12.4. The number of hydrogen-bond donors (Lipinski definition) is 1. The van der Waals surface area contributed by atoms with E-state index in [2.05, 4.69) is 5.32 Å². The minimum Gasteiger partial charge on any atom is -0.455 e. The number of carbonyl (C=O) groups is 2. The van der Waals surface area contributed by atoms with Crippen LogP contribution in [-0.4, -0.2) is 11.7 Å². The van der Waals surface area contributed by atoms with Gasteiger partial charge in [0.2, 0.25) is 0 Å². The van der Waals surface area contributed by atoms with E-state index in [4.69, 9.17) is 27.9 Å². The standard InChI is InChI=1S/C19H12Cl2FNO3/c20-11-4-6-15(19(25)23-13-2-1-3-14(24)10-13)18(8-11)26-17-7-5-12(22)9-16(17)21/h1-2,4-10H,3H2,(H,23,25). The summed E-state index contributed by atoms with van der Waals surface area (Å²) in [6.07, 6.45) is 4.96. The minimum absolute atomic E-state index is 0.0554. The lowest BCUT2D eigenvalue weighted by Gasteiger charge is -2.14. The van der Waals surface area contributed by atoms with Crippen molar-refractivity contribution in [2.75, 3.05) is 0 Å². The highest BCUT2D eigenvalue weighted by Gasteiger charge is 2.17. The van der Waals surface area contributed by atoms with E-state index in [1.54, 1.807) is 12.2 Å². The molecule has 2 aromatic rings. The molecule has 0 unspecified atom stereocenters. The van der Waals surface area contributed by atoms with Crippen LogP contribution in [0.3, 0.4) is 0 Å². The fourth-order valence-corrected chi connectivity index (χ4v) is 2.67. The normalized spacial score (nSPS) is 13.3. The number of allylic oxidation sites excluding steroid dienone is 3. The van der Waals surface area contributed by atoms with Crippen molar-refractivity contribution in [3.63, 3.8) is 0 Å². The molecule has 4 nitrogen and oxygen atoms in total. The summed E-state index contributed by atoms with van der Waals surface area (Å²) in [5.41, 5.74) is 0.564. The summed E-state index contributed by atoms with van der Waals surface area (Å²) in [6.45, 7) is 0. The molecule has 132 valence electrons. The van der Waals surface area contributed by atoms with Gasteiger partial charge in [-0.15, -0.1) is 0 Å². The number of benzene rings is 2. The summed E-state index contributed by atoms with van der Waals surface area (Å²) in [6, 6.07) is 8.11. The van der Waals surface area contributed by atoms with Gasteiger partial charge in [-0.2, -0.15) is 0 Å². The molecule has 3 rings (SSSR count). The molecule has 1 amide bonds. The second-order valence-electron chi connectivity index (χ2n) is 5.44. The molecular weight excluding hydrogens is 380 g/mol. The Morgan fingerprint density at radius 2 is 1.92 bits per heavy atom. The summed E-state index contributed by atoms with van der Waals surface area (Å²) >= 11 is 12.0. The Morgan fingerprint density at radius 1 is 1.12 bits per heavy atom. The van der Waals surface area contributed by atoms with Gasteiger partial charge in [-0.25, -0.2) is 4.39 Å². The van der Waals surface area contributed by atoms with Crippen molar-refractivity contribution < 1.29 is 18.7 Å². The predicted octanol–water partition coefficient (Wildman–Crippen LogP) is 5.07.